The van der Waals surface area contributed by atoms with E-state index in [1.807, 2.05) is 30.3 Å². The topological polar surface area (TPSA) is 91.2 Å². The molecule has 0 heterocycles. The number of nitrogens with zero attached hydrogens (tertiary/aromatic N) is 1. The monoisotopic (exact) mass is 443 g/mol. The summed E-state index contributed by atoms with van der Waals surface area (Å²) in [5, 5.41) is 14.2. The maximum Gasteiger partial charge on any atom is 0.272 e. The number of benzene rings is 3. The molecule has 3 aromatic carbocycles. The smallest absolute Gasteiger partial charge is 0.272 e. The lowest BCUT2D eigenvalue weighted by Crippen LogP contribution is -2.30. The van der Waals surface area contributed by atoms with Crippen LogP contribution < -0.4 is 15.4 Å². The van der Waals surface area contributed by atoms with Gasteiger partial charge < -0.3 is 15.4 Å². The fourth-order valence-corrected chi connectivity index (χ4v) is 3.39. The maximum absolute atomic E-state index is 13.1. The lowest BCUT2D eigenvalue weighted by Gasteiger charge is -2.13. The Hall–Kier alpha value is -4.02. The molecule has 0 unspecified atom stereocenters. The van der Waals surface area contributed by atoms with Crippen LogP contribution in [0.5, 0.6) is 5.75 Å². The van der Waals surface area contributed by atoms with Gasteiger partial charge in [-0.15, -0.1) is 11.8 Å². The second kappa shape index (κ2) is 11.4. The zero-order chi connectivity index (χ0) is 22.8. The lowest BCUT2D eigenvalue weighted by molar-refractivity contribution is -0.113. The van der Waals surface area contributed by atoms with Crippen molar-refractivity contribution in [3.8, 4) is 11.8 Å². The van der Waals surface area contributed by atoms with Crippen molar-refractivity contribution in [2.24, 2.45) is 0 Å². The molecule has 0 atom stereocenters. The lowest BCUT2D eigenvalue weighted by atomic mass is 10.1. The summed E-state index contributed by atoms with van der Waals surface area (Å²) < 4.78 is 5.37. The standard InChI is InChI=1S/C25H21N3O3S/c1-31-23-10-6-5-9-19(23)17-22(28-24(29)18-7-3-2-4-8-18)25(30)27-20-11-13-21(14-12-20)32-16-15-26/h2-14,17H,16H2,1H3,(H,27,30)(H,28,29)/b22-17-. The molecule has 2 N–H and O–H groups in total. The molecule has 7 heteroatoms. The first-order valence-corrected chi connectivity index (χ1v) is 10.7. The van der Waals surface area contributed by atoms with Gasteiger partial charge in [0.2, 0.25) is 0 Å². The summed E-state index contributed by atoms with van der Waals surface area (Å²) in [7, 11) is 1.54. The Morgan fingerprint density at radius 3 is 2.38 bits per heavy atom. The van der Waals surface area contributed by atoms with Crippen LogP contribution in [0.2, 0.25) is 0 Å². The summed E-state index contributed by atoms with van der Waals surface area (Å²) in [5.41, 5.74) is 1.73. The molecule has 2 amide bonds. The molecule has 0 aliphatic carbocycles. The Balaban J connectivity index is 1.86. The summed E-state index contributed by atoms with van der Waals surface area (Å²) >= 11 is 1.41. The van der Waals surface area contributed by atoms with Gasteiger partial charge in [0.15, 0.2) is 0 Å². The van der Waals surface area contributed by atoms with Crippen LogP contribution in [-0.4, -0.2) is 24.7 Å². The van der Waals surface area contributed by atoms with E-state index in [2.05, 4.69) is 16.7 Å². The fourth-order valence-electron chi connectivity index (χ4n) is 2.83. The first-order chi connectivity index (χ1) is 15.6. The number of ether oxygens (including phenoxy) is 1. The van der Waals surface area contributed by atoms with Crippen LogP contribution in [0.4, 0.5) is 5.69 Å². The van der Waals surface area contributed by atoms with Crippen LogP contribution in [0, 0.1) is 11.3 Å². The van der Waals surface area contributed by atoms with Gasteiger partial charge in [-0.25, -0.2) is 0 Å². The molecule has 6 nitrogen and oxygen atoms in total. The van der Waals surface area contributed by atoms with Gasteiger partial charge in [0.1, 0.15) is 11.4 Å². The molecule has 160 valence electrons. The fraction of sp³-hybridized carbons (Fsp3) is 0.0800. The minimum absolute atomic E-state index is 0.0753. The summed E-state index contributed by atoms with van der Waals surface area (Å²) in [6.45, 7) is 0. The van der Waals surface area contributed by atoms with E-state index in [1.54, 1.807) is 61.7 Å². The number of thioether (sulfide) groups is 1. The van der Waals surface area contributed by atoms with Gasteiger partial charge in [-0.05, 0) is 48.5 Å². The number of rotatable bonds is 8. The van der Waals surface area contributed by atoms with E-state index in [0.717, 1.165) is 4.90 Å². The summed E-state index contributed by atoms with van der Waals surface area (Å²) in [6.07, 6.45) is 1.58. The van der Waals surface area contributed by atoms with E-state index in [9.17, 15) is 9.59 Å². The van der Waals surface area contributed by atoms with E-state index in [1.165, 1.54) is 11.8 Å². The van der Waals surface area contributed by atoms with Crippen LogP contribution in [-0.2, 0) is 4.79 Å². The number of nitriles is 1. The van der Waals surface area contributed by atoms with E-state index in [4.69, 9.17) is 10.00 Å². The first-order valence-electron chi connectivity index (χ1n) is 9.73. The van der Waals surface area contributed by atoms with Gasteiger partial charge in [-0.3, -0.25) is 9.59 Å². The Morgan fingerprint density at radius 2 is 1.69 bits per heavy atom. The van der Waals surface area contributed by atoms with Crippen molar-refractivity contribution in [1.29, 1.82) is 5.26 Å². The number of methoxy groups -OCH3 is 1. The van der Waals surface area contributed by atoms with Crippen molar-refractivity contribution in [1.82, 2.24) is 5.32 Å². The molecular weight excluding hydrogens is 422 g/mol. The third-order valence-corrected chi connectivity index (χ3v) is 5.26. The highest BCUT2D eigenvalue weighted by Crippen LogP contribution is 2.22. The molecular formula is C25H21N3O3S. The largest absolute Gasteiger partial charge is 0.496 e. The molecule has 32 heavy (non-hydrogen) atoms. The van der Waals surface area contributed by atoms with Gasteiger partial charge in [-0.2, -0.15) is 5.26 Å². The maximum atomic E-state index is 13.1. The van der Waals surface area contributed by atoms with Crippen molar-refractivity contribution >= 4 is 35.3 Å². The number of para-hydroxylation sites is 1. The van der Waals surface area contributed by atoms with Crippen molar-refractivity contribution < 1.29 is 14.3 Å². The van der Waals surface area contributed by atoms with Crippen molar-refractivity contribution in [2.45, 2.75) is 4.90 Å². The van der Waals surface area contributed by atoms with E-state index >= 15 is 0 Å². The molecule has 0 aromatic heterocycles. The van der Waals surface area contributed by atoms with Gasteiger partial charge in [-0.1, -0.05) is 36.4 Å². The van der Waals surface area contributed by atoms with Crippen molar-refractivity contribution in [3.05, 3.63) is 95.7 Å². The molecule has 0 aliphatic rings. The van der Waals surface area contributed by atoms with E-state index in [-0.39, 0.29) is 5.70 Å². The number of anilines is 1. The van der Waals surface area contributed by atoms with Crippen LogP contribution in [0.25, 0.3) is 6.08 Å². The highest BCUT2D eigenvalue weighted by atomic mass is 32.2. The Bertz CT molecular complexity index is 1150. The number of hydrogen-bond donors (Lipinski definition) is 2. The average Bonchev–Trinajstić information content (AvgIpc) is 2.84. The third kappa shape index (κ3) is 6.24. The number of carbonyl (C=O) groups excluding carboxylic acids is 2. The third-order valence-electron chi connectivity index (χ3n) is 4.38. The molecule has 0 saturated carbocycles. The molecule has 0 aliphatic heterocycles. The number of carbonyl (C=O) groups is 2. The van der Waals surface area contributed by atoms with Crippen LogP contribution in [0.1, 0.15) is 15.9 Å². The number of amides is 2. The average molecular weight is 444 g/mol. The minimum atomic E-state index is -0.474. The molecule has 0 radical (unpaired) electrons. The summed E-state index contributed by atoms with van der Waals surface area (Å²) in [5.74, 6) is 0.0524. The first kappa shape index (κ1) is 22.7. The van der Waals surface area contributed by atoms with Gasteiger partial charge in [0, 0.05) is 21.7 Å². The zero-order valence-electron chi connectivity index (χ0n) is 17.4. The molecule has 0 saturated heterocycles. The van der Waals surface area contributed by atoms with Gasteiger partial charge >= 0.3 is 0 Å². The molecule has 0 fully saturated rings. The molecule has 3 aromatic rings. The normalized spacial score (nSPS) is 10.7. The Labute approximate surface area is 190 Å². The SMILES string of the molecule is COc1ccccc1/C=C(\NC(=O)c1ccccc1)C(=O)Nc1ccc(SCC#N)cc1. The predicted octanol–water partition coefficient (Wildman–Crippen LogP) is 4.72. The van der Waals surface area contributed by atoms with Gasteiger partial charge in [0.25, 0.3) is 11.8 Å². The zero-order valence-corrected chi connectivity index (χ0v) is 18.2. The minimum Gasteiger partial charge on any atom is -0.496 e. The highest BCUT2D eigenvalue weighted by Gasteiger charge is 2.16. The van der Waals surface area contributed by atoms with Crippen LogP contribution in [0.15, 0.2) is 89.5 Å². The Kier molecular flexibility index (Phi) is 8.07. The summed E-state index contributed by atoms with van der Waals surface area (Å²) in [4.78, 5) is 26.7. The quantitative estimate of drug-likeness (QED) is 0.388. The molecule has 0 bridgehead atoms. The predicted molar refractivity (Wildman–Crippen MR) is 126 cm³/mol. The second-order valence-electron chi connectivity index (χ2n) is 6.55. The Morgan fingerprint density at radius 1 is 1.00 bits per heavy atom. The molecule has 0 spiro atoms. The highest BCUT2D eigenvalue weighted by molar-refractivity contribution is 7.99. The number of hydrogen-bond acceptors (Lipinski definition) is 5. The van der Waals surface area contributed by atoms with E-state index in [0.29, 0.717) is 28.3 Å². The van der Waals surface area contributed by atoms with Crippen LogP contribution in [0.3, 0.4) is 0 Å². The van der Waals surface area contributed by atoms with Gasteiger partial charge in [0.05, 0.1) is 18.9 Å². The van der Waals surface area contributed by atoms with E-state index < -0.39 is 11.8 Å². The van der Waals surface area contributed by atoms with Crippen LogP contribution >= 0.6 is 11.8 Å². The number of nitrogens with one attached hydrogen (secondary N) is 2. The molecule has 3 rings (SSSR count). The van der Waals surface area contributed by atoms with Crippen molar-refractivity contribution in [3.63, 3.8) is 0 Å². The van der Waals surface area contributed by atoms with Crippen molar-refractivity contribution in [2.75, 3.05) is 18.2 Å². The second-order valence-corrected chi connectivity index (χ2v) is 7.59. The summed E-state index contributed by atoms with van der Waals surface area (Å²) in [6, 6.07) is 25.1.